The molecular weight excluding hydrogens is 232 g/mol. The Kier molecular flexibility index (Phi) is 4.57. The normalized spacial score (nSPS) is 15.9. The van der Waals surface area contributed by atoms with Gasteiger partial charge in [0.25, 0.3) is 5.91 Å². The molecule has 15 heavy (non-hydrogen) atoms. The Hall–Kier alpha value is -0.580. The van der Waals surface area contributed by atoms with E-state index in [1.807, 2.05) is 22.6 Å². The van der Waals surface area contributed by atoms with E-state index in [-0.39, 0.29) is 18.3 Å². The lowest BCUT2D eigenvalue weighted by Gasteiger charge is -2.27. The number of nitrogens with one attached hydrogen (secondary N) is 1. The minimum absolute atomic E-state index is 0. The van der Waals surface area contributed by atoms with Crippen LogP contribution in [0.2, 0.25) is 0 Å². The SMILES string of the molecule is Cc1cscc1C(=O)N1CCNCC1.Cl. The van der Waals surface area contributed by atoms with E-state index in [0.717, 1.165) is 37.3 Å². The van der Waals surface area contributed by atoms with Crippen molar-refractivity contribution in [2.45, 2.75) is 6.92 Å². The number of aryl methyl sites for hydroxylation is 1. The van der Waals surface area contributed by atoms with Crippen LogP contribution in [0, 0.1) is 6.92 Å². The van der Waals surface area contributed by atoms with Crippen LogP contribution in [-0.2, 0) is 0 Å². The van der Waals surface area contributed by atoms with Crippen LogP contribution in [0.15, 0.2) is 10.8 Å². The molecule has 0 aliphatic carbocycles. The number of amides is 1. The molecule has 1 aliphatic rings. The summed E-state index contributed by atoms with van der Waals surface area (Å²) in [5.74, 6) is 0.185. The average Bonchev–Trinajstić information content (AvgIpc) is 2.65. The molecule has 1 amide bonds. The highest BCUT2D eigenvalue weighted by molar-refractivity contribution is 7.08. The molecule has 1 fully saturated rings. The predicted octanol–water partition coefficient (Wildman–Crippen LogP) is 1.52. The van der Waals surface area contributed by atoms with Crippen molar-refractivity contribution < 1.29 is 4.79 Å². The summed E-state index contributed by atoms with van der Waals surface area (Å²) in [5.41, 5.74) is 1.97. The van der Waals surface area contributed by atoms with Crippen LogP contribution in [-0.4, -0.2) is 37.0 Å². The fourth-order valence-electron chi connectivity index (χ4n) is 1.62. The number of hydrogen-bond acceptors (Lipinski definition) is 3. The molecule has 2 rings (SSSR count). The molecule has 1 aromatic heterocycles. The molecule has 1 aromatic rings. The van der Waals surface area contributed by atoms with Crippen molar-refractivity contribution in [3.63, 3.8) is 0 Å². The van der Waals surface area contributed by atoms with Gasteiger partial charge in [-0.05, 0) is 17.9 Å². The van der Waals surface area contributed by atoms with Crippen LogP contribution in [0.25, 0.3) is 0 Å². The van der Waals surface area contributed by atoms with Gasteiger partial charge in [0, 0.05) is 31.6 Å². The first-order valence-electron chi connectivity index (χ1n) is 4.82. The Bertz CT molecular complexity index is 334. The second-order valence-corrected chi connectivity index (χ2v) is 4.25. The number of carbonyl (C=O) groups excluding carboxylic acids is 1. The third kappa shape index (κ3) is 2.71. The van der Waals surface area contributed by atoms with Gasteiger partial charge in [-0.3, -0.25) is 4.79 Å². The van der Waals surface area contributed by atoms with Crippen molar-refractivity contribution in [3.05, 3.63) is 21.9 Å². The van der Waals surface area contributed by atoms with Crippen LogP contribution in [0.5, 0.6) is 0 Å². The minimum Gasteiger partial charge on any atom is -0.336 e. The molecule has 0 bridgehead atoms. The van der Waals surface area contributed by atoms with Gasteiger partial charge < -0.3 is 10.2 Å². The van der Waals surface area contributed by atoms with Gasteiger partial charge in [-0.25, -0.2) is 0 Å². The van der Waals surface area contributed by atoms with Crippen molar-refractivity contribution >= 4 is 29.7 Å². The van der Waals surface area contributed by atoms with E-state index in [1.54, 1.807) is 11.3 Å². The number of carbonyl (C=O) groups is 1. The second-order valence-electron chi connectivity index (χ2n) is 3.51. The molecule has 84 valence electrons. The van der Waals surface area contributed by atoms with E-state index in [4.69, 9.17) is 0 Å². The van der Waals surface area contributed by atoms with Gasteiger partial charge in [0.2, 0.25) is 0 Å². The molecular formula is C10H15ClN2OS. The topological polar surface area (TPSA) is 32.3 Å². The summed E-state index contributed by atoms with van der Waals surface area (Å²) in [4.78, 5) is 13.9. The predicted molar refractivity (Wildman–Crippen MR) is 65.1 cm³/mol. The summed E-state index contributed by atoms with van der Waals surface area (Å²) in [7, 11) is 0. The molecule has 1 N–H and O–H groups in total. The first kappa shape index (κ1) is 12.5. The molecule has 0 aromatic carbocycles. The highest BCUT2D eigenvalue weighted by Crippen LogP contribution is 2.16. The maximum absolute atomic E-state index is 12.0. The average molecular weight is 247 g/mol. The molecule has 2 heterocycles. The summed E-state index contributed by atoms with van der Waals surface area (Å²) in [6, 6.07) is 0. The van der Waals surface area contributed by atoms with Crippen LogP contribution >= 0.6 is 23.7 Å². The van der Waals surface area contributed by atoms with E-state index in [2.05, 4.69) is 5.32 Å². The lowest BCUT2D eigenvalue weighted by atomic mass is 10.2. The largest absolute Gasteiger partial charge is 0.336 e. The van der Waals surface area contributed by atoms with Crippen LogP contribution in [0.4, 0.5) is 0 Å². The first-order valence-corrected chi connectivity index (χ1v) is 5.76. The maximum atomic E-state index is 12.0. The fourth-order valence-corrected chi connectivity index (χ4v) is 2.44. The Morgan fingerprint density at radius 3 is 2.60 bits per heavy atom. The molecule has 3 nitrogen and oxygen atoms in total. The van der Waals surface area contributed by atoms with Gasteiger partial charge in [0.15, 0.2) is 0 Å². The van der Waals surface area contributed by atoms with Crippen LogP contribution in [0.3, 0.4) is 0 Å². The van der Waals surface area contributed by atoms with Crippen molar-refractivity contribution in [2.24, 2.45) is 0 Å². The van der Waals surface area contributed by atoms with Gasteiger partial charge in [-0.1, -0.05) is 0 Å². The summed E-state index contributed by atoms with van der Waals surface area (Å²) >= 11 is 1.60. The highest BCUT2D eigenvalue weighted by atomic mass is 35.5. The second kappa shape index (κ2) is 5.49. The molecule has 0 unspecified atom stereocenters. The monoisotopic (exact) mass is 246 g/mol. The minimum atomic E-state index is 0. The lowest BCUT2D eigenvalue weighted by molar-refractivity contribution is 0.0735. The molecule has 0 saturated carbocycles. The van der Waals surface area contributed by atoms with E-state index in [9.17, 15) is 4.79 Å². The Morgan fingerprint density at radius 1 is 1.40 bits per heavy atom. The molecule has 5 heteroatoms. The third-order valence-electron chi connectivity index (χ3n) is 2.49. The lowest BCUT2D eigenvalue weighted by Crippen LogP contribution is -2.46. The summed E-state index contributed by atoms with van der Waals surface area (Å²) in [6.45, 7) is 5.47. The van der Waals surface area contributed by atoms with Gasteiger partial charge >= 0.3 is 0 Å². The van der Waals surface area contributed by atoms with E-state index < -0.39 is 0 Å². The number of hydrogen-bond donors (Lipinski definition) is 1. The van der Waals surface area contributed by atoms with Crippen molar-refractivity contribution in [1.29, 1.82) is 0 Å². The number of rotatable bonds is 1. The fraction of sp³-hybridized carbons (Fsp3) is 0.500. The summed E-state index contributed by atoms with van der Waals surface area (Å²) < 4.78 is 0. The zero-order valence-corrected chi connectivity index (χ0v) is 10.3. The standard InChI is InChI=1S/C10H14N2OS.ClH/c1-8-6-14-7-9(8)10(13)12-4-2-11-3-5-12;/h6-7,11H,2-5H2,1H3;1H. The molecule has 0 atom stereocenters. The van der Waals surface area contributed by atoms with Crippen LogP contribution < -0.4 is 5.32 Å². The van der Waals surface area contributed by atoms with E-state index in [1.165, 1.54) is 0 Å². The molecule has 1 saturated heterocycles. The first-order chi connectivity index (χ1) is 6.79. The van der Waals surface area contributed by atoms with Crippen LogP contribution in [0.1, 0.15) is 15.9 Å². The smallest absolute Gasteiger partial charge is 0.255 e. The Labute approximate surface area is 99.9 Å². The van der Waals surface area contributed by atoms with Gasteiger partial charge in [0.05, 0.1) is 5.56 Å². The number of thiophene rings is 1. The van der Waals surface area contributed by atoms with Crippen molar-refractivity contribution in [3.8, 4) is 0 Å². The molecule has 0 radical (unpaired) electrons. The van der Waals surface area contributed by atoms with Crippen molar-refractivity contribution in [2.75, 3.05) is 26.2 Å². The molecule has 1 aliphatic heterocycles. The van der Waals surface area contributed by atoms with Gasteiger partial charge in [-0.15, -0.1) is 12.4 Å². The van der Waals surface area contributed by atoms with E-state index >= 15 is 0 Å². The van der Waals surface area contributed by atoms with E-state index in [0.29, 0.717) is 0 Å². The number of piperazine rings is 1. The molecule has 0 spiro atoms. The number of nitrogens with zero attached hydrogens (tertiary/aromatic N) is 1. The maximum Gasteiger partial charge on any atom is 0.255 e. The quantitative estimate of drug-likeness (QED) is 0.815. The zero-order chi connectivity index (χ0) is 9.97. The summed E-state index contributed by atoms with van der Waals surface area (Å²) in [6.07, 6.45) is 0. The van der Waals surface area contributed by atoms with Crippen molar-refractivity contribution in [1.82, 2.24) is 10.2 Å². The highest BCUT2D eigenvalue weighted by Gasteiger charge is 2.19. The Balaban J connectivity index is 0.00000112. The summed E-state index contributed by atoms with van der Waals surface area (Å²) in [5, 5.41) is 7.21. The zero-order valence-electron chi connectivity index (χ0n) is 8.66. The number of halogens is 1. The third-order valence-corrected chi connectivity index (χ3v) is 3.35. The van der Waals surface area contributed by atoms with Gasteiger partial charge in [0.1, 0.15) is 0 Å². The Morgan fingerprint density at radius 2 is 2.07 bits per heavy atom. The van der Waals surface area contributed by atoms with Gasteiger partial charge in [-0.2, -0.15) is 11.3 Å².